The summed E-state index contributed by atoms with van der Waals surface area (Å²) in [6.07, 6.45) is 4.50. The van der Waals surface area contributed by atoms with E-state index in [1.54, 1.807) is 6.07 Å². The Kier molecular flexibility index (Phi) is 4.78. The lowest BCUT2D eigenvalue weighted by molar-refractivity contribution is -0.0799. The number of fused-ring (bicyclic) bond motifs is 3. The minimum Gasteiger partial charge on any atom is -0.388 e. The van der Waals surface area contributed by atoms with Crippen LogP contribution in [0.5, 0.6) is 0 Å². The Bertz CT molecular complexity index is 1490. The van der Waals surface area contributed by atoms with Gasteiger partial charge in [0.2, 0.25) is 0 Å². The highest BCUT2D eigenvalue weighted by atomic mass is 19.1. The molecule has 3 aromatic heterocycles. The third kappa shape index (κ3) is 3.20. The summed E-state index contributed by atoms with van der Waals surface area (Å²) in [5.74, 6) is -1.38. The molecule has 4 aromatic rings. The maximum atomic E-state index is 14.7. The molecule has 10 heteroatoms. The average Bonchev–Trinajstić information content (AvgIpc) is 3.40. The number of aromatic nitrogens is 4. The molecule has 35 heavy (non-hydrogen) atoms. The lowest BCUT2D eigenvalue weighted by Gasteiger charge is -2.29. The van der Waals surface area contributed by atoms with Crippen molar-refractivity contribution in [2.24, 2.45) is 11.8 Å². The van der Waals surface area contributed by atoms with Gasteiger partial charge in [-0.15, -0.1) is 0 Å². The van der Waals surface area contributed by atoms with Gasteiger partial charge in [0.15, 0.2) is 11.6 Å². The SMILES string of the molecule is Cc1cn([C@@H]2C[C@@H]3[C@H](Cc4cc(F)c5cc(F)c(N)nc5c4)CC[C@]3(O)[C@H]2O)c2ncnc(N)c12. The predicted octanol–water partition coefficient (Wildman–Crippen LogP) is 3.04. The number of aryl methyl sites for hydroxylation is 1. The van der Waals surface area contributed by atoms with E-state index >= 15 is 0 Å². The molecule has 5 atom stereocenters. The molecule has 2 fully saturated rings. The number of aliphatic hydroxyl groups is 2. The number of aliphatic hydroxyl groups excluding tert-OH is 1. The van der Waals surface area contributed by atoms with E-state index in [1.165, 1.54) is 12.4 Å². The van der Waals surface area contributed by atoms with Gasteiger partial charge in [0, 0.05) is 11.6 Å². The Balaban J connectivity index is 1.32. The van der Waals surface area contributed by atoms with Crippen molar-refractivity contribution in [1.82, 2.24) is 19.5 Å². The summed E-state index contributed by atoms with van der Waals surface area (Å²) in [5.41, 5.74) is 12.9. The van der Waals surface area contributed by atoms with Gasteiger partial charge in [0.05, 0.1) is 22.5 Å². The topological polar surface area (TPSA) is 136 Å². The van der Waals surface area contributed by atoms with Gasteiger partial charge in [0.1, 0.15) is 29.7 Å². The van der Waals surface area contributed by atoms with Crippen LogP contribution in [0.25, 0.3) is 21.9 Å². The van der Waals surface area contributed by atoms with Gasteiger partial charge in [-0.05, 0) is 73.8 Å². The smallest absolute Gasteiger partial charge is 0.165 e. The van der Waals surface area contributed by atoms with Gasteiger partial charge < -0.3 is 26.2 Å². The lowest BCUT2D eigenvalue weighted by Crippen LogP contribution is -2.42. The Morgan fingerprint density at radius 2 is 1.94 bits per heavy atom. The third-order valence-corrected chi connectivity index (χ3v) is 8.11. The number of nitrogens with two attached hydrogens (primary N) is 2. The number of hydrogen-bond acceptors (Lipinski definition) is 7. The molecule has 2 aliphatic rings. The van der Waals surface area contributed by atoms with Crippen molar-refractivity contribution in [3.63, 3.8) is 0 Å². The summed E-state index contributed by atoms with van der Waals surface area (Å²) in [6.45, 7) is 1.92. The second-order valence-electron chi connectivity index (χ2n) is 10.0. The Morgan fingerprint density at radius 3 is 2.74 bits per heavy atom. The normalized spacial score (nSPS) is 28.3. The summed E-state index contributed by atoms with van der Waals surface area (Å²) in [7, 11) is 0. The Hall–Kier alpha value is -3.37. The monoisotopic (exact) mass is 480 g/mol. The van der Waals surface area contributed by atoms with E-state index in [4.69, 9.17) is 11.5 Å². The first-order valence-corrected chi connectivity index (χ1v) is 11.7. The van der Waals surface area contributed by atoms with Gasteiger partial charge in [-0.1, -0.05) is 0 Å². The third-order valence-electron chi connectivity index (χ3n) is 8.11. The summed E-state index contributed by atoms with van der Waals surface area (Å²) in [5, 5.41) is 23.6. The molecule has 0 saturated heterocycles. The van der Waals surface area contributed by atoms with Crippen LogP contribution >= 0.6 is 0 Å². The number of halogens is 2. The first-order chi connectivity index (χ1) is 16.7. The summed E-state index contributed by atoms with van der Waals surface area (Å²) < 4.78 is 30.4. The molecule has 182 valence electrons. The number of nitrogen functional groups attached to an aromatic ring is 2. The average molecular weight is 481 g/mol. The maximum absolute atomic E-state index is 14.7. The van der Waals surface area contributed by atoms with Gasteiger partial charge >= 0.3 is 0 Å². The van der Waals surface area contributed by atoms with Gasteiger partial charge in [-0.2, -0.15) is 0 Å². The fourth-order valence-corrected chi connectivity index (χ4v) is 6.46. The molecule has 0 unspecified atom stereocenters. The molecule has 1 aromatic carbocycles. The van der Waals surface area contributed by atoms with Crippen molar-refractivity contribution in [2.45, 2.75) is 50.4 Å². The van der Waals surface area contributed by atoms with E-state index in [0.717, 1.165) is 17.0 Å². The molecule has 0 amide bonds. The molecule has 6 rings (SSSR count). The minimum atomic E-state index is -1.25. The second-order valence-corrected chi connectivity index (χ2v) is 10.0. The van der Waals surface area contributed by atoms with Crippen LogP contribution in [0.15, 0.2) is 30.7 Å². The van der Waals surface area contributed by atoms with E-state index in [-0.39, 0.29) is 29.1 Å². The molecule has 0 radical (unpaired) electrons. The van der Waals surface area contributed by atoms with Crippen LogP contribution in [0.2, 0.25) is 0 Å². The Morgan fingerprint density at radius 1 is 1.14 bits per heavy atom. The maximum Gasteiger partial charge on any atom is 0.165 e. The van der Waals surface area contributed by atoms with Crippen molar-refractivity contribution in [3.8, 4) is 0 Å². The number of anilines is 2. The quantitative estimate of drug-likeness (QED) is 0.354. The number of rotatable bonds is 3. The van der Waals surface area contributed by atoms with Crippen LogP contribution in [-0.2, 0) is 6.42 Å². The molecule has 2 aliphatic carbocycles. The minimum absolute atomic E-state index is 0.0249. The van der Waals surface area contributed by atoms with Crippen LogP contribution in [0.3, 0.4) is 0 Å². The zero-order valence-electron chi connectivity index (χ0n) is 19.1. The van der Waals surface area contributed by atoms with Crippen molar-refractivity contribution >= 4 is 33.6 Å². The van der Waals surface area contributed by atoms with Crippen LogP contribution in [0.4, 0.5) is 20.4 Å². The highest BCUT2D eigenvalue weighted by Crippen LogP contribution is 2.55. The predicted molar refractivity (Wildman–Crippen MR) is 127 cm³/mol. The van der Waals surface area contributed by atoms with Crippen LogP contribution in [-0.4, -0.2) is 41.4 Å². The van der Waals surface area contributed by atoms with E-state index in [0.29, 0.717) is 48.2 Å². The largest absolute Gasteiger partial charge is 0.388 e. The molecular weight excluding hydrogens is 454 g/mol. The first kappa shape index (κ1) is 22.1. The van der Waals surface area contributed by atoms with Gasteiger partial charge in [-0.3, -0.25) is 0 Å². The second kappa shape index (κ2) is 7.56. The molecule has 0 aliphatic heterocycles. The fourth-order valence-electron chi connectivity index (χ4n) is 6.46. The van der Waals surface area contributed by atoms with Crippen molar-refractivity contribution in [3.05, 3.63) is 53.5 Å². The number of hydrogen-bond donors (Lipinski definition) is 4. The highest BCUT2D eigenvalue weighted by molar-refractivity contribution is 5.89. The van der Waals surface area contributed by atoms with E-state index in [1.807, 2.05) is 17.7 Å². The molecular formula is C25H26F2N6O2. The van der Waals surface area contributed by atoms with Crippen LogP contribution < -0.4 is 11.5 Å². The fraction of sp³-hybridized carbons (Fsp3) is 0.400. The zero-order valence-corrected chi connectivity index (χ0v) is 19.1. The van der Waals surface area contributed by atoms with Crippen LogP contribution in [0, 0.1) is 30.4 Å². The lowest BCUT2D eigenvalue weighted by atomic mass is 9.84. The standard InChI is InChI=1S/C25H26F2N6O2/c1-11-9-33(24-20(11)23(29)30-10-31-24)19-8-15-13(2-3-25(15,35)21(19)34)4-12-5-16(26)14-7-17(27)22(28)32-18(14)6-12/h5-7,9-10,13,15,19,21,34-35H,2-4,8H2,1H3,(H2,28,32)(H2,29,30,31)/t13-,15+,19+,21-,25+/m0/s1. The van der Waals surface area contributed by atoms with Gasteiger partial charge in [0.25, 0.3) is 0 Å². The number of nitrogens with zero attached hydrogens (tertiary/aromatic N) is 4. The highest BCUT2D eigenvalue weighted by Gasteiger charge is 2.59. The molecule has 8 nitrogen and oxygen atoms in total. The summed E-state index contributed by atoms with van der Waals surface area (Å²) in [6, 6.07) is 3.79. The Labute approximate surface area is 199 Å². The first-order valence-electron chi connectivity index (χ1n) is 11.7. The molecule has 0 bridgehead atoms. The zero-order chi connectivity index (χ0) is 24.6. The number of benzene rings is 1. The summed E-state index contributed by atoms with van der Waals surface area (Å²) in [4.78, 5) is 12.5. The molecule has 6 N–H and O–H groups in total. The van der Waals surface area contributed by atoms with E-state index in [9.17, 15) is 19.0 Å². The molecule has 0 spiro atoms. The summed E-state index contributed by atoms with van der Waals surface area (Å²) >= 11 is 0. The van der Waals surface area contributed by atoms with Crippen LogP contribution in [0.1, 0.15) is 36.4 Å². The van der Waals surface area contributed by atoms with Crippen molar-refractivity contribution in [1.29, 1.82) is 0 Å². The van der Waals surface area contributed by atoms with E-state index < -0.39 is 23.3 Å². The van der Waals surface area contributed by atoms with Crippen molar-refractivity contribution in [2.75, 3.05) is 11.5 Å². The van der Waals surface area contributed by atoms with E-state index in [2.05, 4.69) is 15.0 Å². The molecule has 3 heterocycles. The van der Waals surface area contributed by atoms with Crippen molar-refractivity contribution < 1.29 is 19.0 Å². The number of pyridine rings is 1. The molecule has 2 saturated carbocycles. The van der Waals surface area contributed by atoms with Gasteiger partial charge in [-0.25, -0.2) is 23.7 Å².